The van der Waals surface area contributed by atoms with Crippen molar-refractivity contribution in [2.24, 2.45) is 5.92 Å². The summed E-state index contributed by atoms with van der Waals surface area (Å²) < 4.78 is 13.6. The smallest absolute Gasteiger partial charge is 0.147 e. The second-order valence-corrected chi connectivity index (χ2v) is 4.54. The van der Waals surface area contributed by atoms with Crippen molar-refractivity contribution in [1.82, 2.24) is 0 Å². The highest BCUT2D eigenvalue weighted by molar-refractivity contribution is 6.30. The summed E-state index contributed by atoms with van der Waals surface area (Å²) in [6.45, 7) is 0. The van der Waals surface area contributed by atoms with Gasteiger partial charge in [0.2, 0.25) is 0 Å². The van der Waals surface area contributed by atoms with Crippen LogP contribution in [0.4, 0.5) is 4.39 Å². The molecule has 1 nitrogen and oxygen atoms in total. The molecule has 0 aliphatic heterocycles. The Morgan fingerprint density at radius 3 is 2.67 bits per heavy atom. The lowest BCUT2D eigenvalue weighted by atomic mass is 9.94. The molecule has 15 heavy (non-hydrogen) atoms. The highest BCUT2D eigenvalue weighted by Gasteiger charge is 2.26. The molecule has 0 heterocycles. The van der Waals surface area contributed by atoms with Gasteiger partial charge >= 0.3 is 0 Å². The first kappa shape index (κ1) is 10.9. The molecular formula is C12H14ClFO. The zero-order valence-electron chi connectivity index (χ0n) is 8.42. The zero-order chi connectivity index (χ0) is 10.8. The lowest BCUT2D eigenvalue weighted by molar-refractivity contribution is 0.108. The van der Waals surface area contributed by atoms with E-state index in [0.717, 1.165) is 25.7 Å². The van der Waals surface area contributed by atoms with Crippen molar-refractivity contribution in [3.8, 4) is 0 Å². The van der Waals surface area contributed by atoms with Crippen molar-refractivity contribution < 1.29 is 9.50 Å². The molecule has 1 fully saturated rings. The van der Waals surface area contributed by atoms with Crippen LogP contribution in [0.5, 0.6) is 0 Å². The van der Waals surface area contributed by atoms with Crippen LogP contribution < -0.4 is 0 Å². The second kappa shape index (κ2) is 4.50. The molecule has 0 spiro atoms. The minimum Gasteiger partial charge on any atom is -0.388 e. The second-order valence-electron chi connectivity index (χ2n) is 4.13. The van der Waals surface area contributed by atoms with Gasteiger partial charge in [-0.15, -0.1) is 0 Å². The molecule has 0 saturated heterocycles. The third-order valence-electron chi connectivity index (χ3n) is 3.15. The van der Waals surface area contributed by atoms with Crippen LogP contribution in [0.3, 0.4) is 0 Å². The molecule has 1 aromatic rings. The number of hydrogen-bond donors (Lipinski definition) is 1. The third-order valence-corrected chi connectivity index (χ3v) is 3.44. The predicted molar refractivity (Wildman–Crippen MR) is 58.3 cm³/mol. The lowest BCUT2D eigenvalue weighted by Crippen LogP contribution is -2.10. The summed E-state index contributed by atoms with van der Waals surface area (Å²) in [5.74, 6) is -0.281. The van der Waals surface area contributed by atoms with Crippen LogP contribution in [0, 0.1) is 11.7 Å². The Morgan fingerprint density at radius 1 is 1.33 bits per heavy atom. The summed E-state index contributed by atoms with van der Waals surface area (Å²) >= 11 is 5.68. The van der Waals surface area contributed by atoms with Crippen molar-refractivity contribution in [3.63, 3.8) is 0 Å². The molecule has 1 N–H and O–H groups in total. The summed E-state index contributed by atoms with van der Waals surface area (Å²) in [7, 11) is 0. The van der Waals surface area contributed by atoms with Crippen molar-refractivity contribution in [3.05, 3.63) is 34.6 Å². The standard InChI is InChI=1S/C12H14ClFO/c13-10-7-3-6-9(11(10)14)12(15)8-4-1-2-5-8/h3,6-8,12,15H,1-2,4-5H2. The van der Waals surface area contributed by atoms with Crippen LogP contribution in [0.15, 0.2) is 18.2 Å². The van der Waals surface area contributed by atoms with Crippen LogP contribution >= 0.6 is 11.6 Å². The Bertz CT molecular complexity index is 347. The van der Waals surface area contributed by atoms with E-state index < -0.39 is 11.9 Å². The Labute approximate surface area is 93.9 Å². The maximum Gasteiger partial charge on any atom is 0.147 e. The molecule has 0 radical (unpaired) electrons. The maximum atomic E-state index is 13.6. The molecule has 1 unspecified atom stereocenters. The van der Waals surface area contributed by atoms with Crippen molar-refractivity contribution in [2.45, 2.75) is 31.8 Å². The zero-order valence-corrected chi connectivity index (χ0v) is 9.17. The van der Waals surface area contributed by atoms with Gasteiger partial charge in [0, 0.05) is 5.56 Å². The first-order valence-electron chi connectivity index (χ1n) is 5.32. The number of benzene rings is 1. The summed E-state index contributed by atoms with van der Waals surface area (Å²) in [6.07, 6.45) is 3.51. The Balaban J connectivity index is 2.24. The normalized spacial score (nSPS) is 19.4. The maximum absolute atomic E-state index is 13.6. The van der Waals surface area contributed by atoms with Crippen LogP contribution in [-0.4, -0.2) is 5.11 Å². The van der Waals surface area contributed by atoms with Crippen LogP contribution in [0.25, 0.3) is 0 Å². The predicted octanol–water partition coefficient (Wildman–Crippen LogP) is 3.70. The van der Waals surface area contributed by atoms with E-state index in [2.05, 4.69) is 0 Å². The van der Waals surface area contributed by atoms with Gasteiger partial charge in [-0.05, 0) is 24.8 Å². The van der Waals surface area contributed by atoms with E-state index in [9.17, 15) is 9.50 Å². The number of aliphatic hydroxyl groups excluding tert-OH is 1. The van der Waals surface area contributed by atoms with Gasteiger partial charge < -0.3 is 5.11 Å². The molecule has 1 saturated carbocycles. The largest absolute Gasteiger partial charge is 0.388 e. The number of halogens is 2. The molecular weight excluding hydrogens is 215 g/mol. The Hall–Kier alpha value is -0.600. The summed E-state index contributed by atoms with van der Waals surface area (Å²) in [5, 5.41) is 10.1. The Kier molecular flexibility index (Phi) is 3.27. The molecule has 2 rings (SSSR count). The molecule has 0 aromatic heterocycles. The first-order valence-corrected chi connectivity index (χ1v) is 5.70. The first-order chi connectivity index (χ1) is 7.20. The molecule has 1 aliphatic carbocycles. The summed E-state index contributed by atoms with van der Waals surface area (Å²) in [4.78, 5) is 0. The number of rotatable bonds is 2. The fourth-order valence-corrected chi connectivity index (χ4v) is 2.46. The van der Waals surface area contributed by atoms with E-state index in [-0.39, 0.29) is 10.9 Å². The van der Waals surface area contributed by atoms with E-state index in [1.165, 1.54) is 6.07 Å². The van der Waals surface area contributed by atoms with E-state index in [0.29, 0.717) is 5.56 Å². The number of aliphatic hydroxyl groups is 1. The van der Waals surface area contributed by atoms with Crippen molar-refractivity contribution in [1.29, 1.82) is 0 Å². The minimum atomic E-state index is -0.703. The molecule has 0 amide bonds. The van der Waals surface area contributed by atoms with Crippen molar-refractivity contribution in [2.75, 3.05) is 0 Å². The summed E-state index contributed by atoms with van der Waals surface area (Å²) in [5.41, 5.74) is 0.342. The summed E-state index contributed by atoms with van der Waals surface area (Å²) in [6, 6.07) is 4.80. The quantitative estimate of drug-likeness (QED) is 0.818. The van der Waals surface area contributed by atoms with Crippen LogP contribution in [-0.2, 0) is 0 Å². The topological polar surface area (TPSA) is 20.2 Å². The molecule has 82 valence electrons. The third kappa shape index (κ3) is 2.16. The van der Waals surface area contributed by atoms with Gasteiger partial charge in [-0.25, -0.2) is 4.39 Å². The van der Waals surface area contributed by atoms with Crippen LogP contribution in [0.2, 0.25) is 5.02 Å². The van der Waals surface area contributed by atoms with Gasteiger partial charge in [0.1, 0.15) is 5.82 Å². The highest BCUT2D eigenvalue weighted by Crippen LogP contribution is 2.37. The minimum absolute atomic E-state index is 0.0875. The van der Waals surface area contributed by atoms with Gasteiger partial charge in [0.15, 0.2) is 0 Å². The monoisotopic (exact) mass is 228 g/mol. The molecule has 0 bridgehead atoms. The molecule has 3 heteroatoms. The van der Waals surface area contributed by atoms with Gasteiger partial charge in [-0.1, -0.05) is 36.6 Å². The molecule has 1 aromatic carbocycles. The fraction of sp³-hybridized carbons (Fsp3) is 0.500. The average Bonchev–Trinajstić information content (AvgIpc) is 2.74. The van der Waals surface area contributed by atoms with E-state index in [1.807, 2.05) is 0 Å². The molecule has 1 aliphatic rings. The average molecular weight is 229 g/mol. The molecule has 1 atom stereocenters. The van der Waals surface area contributed by atoms with E-state index in [1.54, 1.807) is 12.1 Å². The van der Waals surface area contributed by atoms with Crippen molar-refractivity contribution >= 4 is 11.6 Å². The highest BCUT2D eigenvalue weighted by atomic mass is 35.5. The fourth-order valence-electron chi connectivity index (χ4n) is 2.28. The lowest BCUT2D eigenvalue weighted by Gasteiger charge is -2.18. The van der Waals surface area contributed by atoms with Gasteiger partial charge in [-0.2, -0.15) is 0 Å². The Morgan fingerprint density at radius 2 is 2.00 bits per heavy atom. The van der Waals surface area contributed by atoms with Gasteiger partial charge in [0.25, 0.3) is 0 Å². The van der Waals surface area contributed by atoms with E-state index >= 15 is 0 Å². The van der Waals surface area contributed by atoms with Gasteiger partial charge in [0.05, 0.1) is 11.1 Å². The number of hydrogen-bond acceptors (Lipinski definition) is 1. The SMILES string of the molecule is OC(c1cccc(Cl)c1F)C1CCCC1. The van der Waals surface area contributed by atoms with Crippen LogP contribution in [0.1, 0.15) is 37.4 Å². The van der Waals surface area contributed by atoms with Gasteiger partial charge in [-0.3, -0.25) is 0 Å². The van der Waals surface area contributed by atoms with E-state index in [4.69, 9.17) is 11.6 Å².